The van der Waals surface area contributed by atoms with E-state index < -0.39 is 10.0 Å². The monoisotopic (exact) mass is 441 g/mol. The zero-order valence-electron chi connectivity index (χ0n) is 17.9. The molecule has 1 aliphatic rings. The largest absolute Gasteiger partial charge is 0.496 e. The van der Waals surface area contributed by atoms with E-state index in [1.807, 2.05) is 0 Å². The topological polar surface area (TPSA) is 90.7 Å². The van der Waals surface area contributed by atoms with Crippen molar-refractivity contribution in [3.63, 3.8) is 0 Å². The fourth-order valence-corrected chi connectivity index (χ4v) is 5.23. The molecule has 8 heteroatoms. The number of hydrogen-bond acceptors (Lipinski definition) is 5. The first-order valence-electron chi connectivity index (χ1n) is 10.3. The summed E-state index contributed by atoms with van der Waals surface area (Å²) in [6.45, 7) is 1.31. The van der Waals surface area contributed by atoms with Gasteiger partial charge in [-0.1, -0.05) is 25.0 Å². The van der Waals surface area contributed by atoms with Gasteiger partial charge in [-0.2, -0.15) is 9.57 Å². The molecular formula is C23H27N3O4S. The Labute approximate surface area is 183 Å². The first kappa shape index (κ1) is 22.8. The van der Waals surface area contributed by atoms with Crippen LogP contribution in [-0.2, 0) is 16.6 Å². The van der Waals surface area contributed by atoms with Crippen molar-refractivity contribution in [3.8, 4) is 11.8 Å². The van der Waals surface area contributed by atoms with Gasteiger partial charge in [0, 0.05) is 26.7 Å². The number of benzene rings is 2. The van der Waals surface area contributed by atoms with E-state index >= 15 is 0 Å². The quantitative estimate of drug-likeness (QED) is 0.685. The van der Waals surface area contributed by atoms with E-state index in [-0.39, 0.29) is 16.4 Å². The minimum Gasteiger partial charge on any atom is -0.496 e. The molecule has 1 heterocycles. The van der Waals surface area contributed by atoms with E-state index in [0.717, 1.165) is 31.2 Å². The number of nitrogens with zero attached hydrogens (tertiary/aromatic N) is 3. The van der Waals surface area contributed by atoms with Crippen LogP contribution in [0, 0.1) is 11.3 Å². The normalized spacial score (nSPS) is 15.0. The summed E-state index contributed by atoms with van der Waals surface area (Å²) >= 11 is 0. The summed E-state index contributed by atoms with van der Waals surface area (Å²) in [5.41, 5.74) is 1.61. The second kappa shape index (κ2) is 9.94. The summed E-state index contributed by atoms with van der Waals surface area (Å²) in [4.78, 5) is 14.8. The summed E-state index contributed by atoms with van der Waals surface area (Å²) < 4.78 is 33.2. The van der Waals surface area contributed by atoms with E-state index in [4.69, 9.17) is 10.00 Å². The van der Waals surface area contributed by atoms with Crippen LogP contribution >= 0.6 is 0 Å². The van der Waals surface area contributed by atoms with Crippen LogP contribution in [-0.4, -0.2) is 50.8 Å². The van der Waals surface area contributed by atoms with Crippen LogP contribution in [0.3, 0.4) is 0 Å². The van der Waals surface area contributed by atoms with Gasteiger partial charge >= 0.3 is 0 Å². The van der Waals surface area contributed by atoms with Crippen LogP contribution in [0.1, 0.15) is 47.2 Å². The lowest BCUT2D eigenvalue weighted by atomic mass is 10.1. The Morgan fingerprint density at radius 1 is 1.10 bits per heavy atom. The fraction of sp³-hybridized carbons (Fsp3) is 0.391. The minimum absolute atomic E-state index is 0.102. The highest BCUT2D eigenvalue weighted by atomic mass is 32.2. The second-order valence-corrected chi connectivity index (χ2v) is 9.59. The molecule has 3 rings (SSSR count). The highest BCUT2D eigenvalue weighted by Gasteiger charge is 2.27. The Kier molecular flexibility index (Phi) is 7.31. The van der Waals surface area contributed by atoms with Crippen molar-refractivity contribution in [2.24, 2.45) is 0 Å². The summed E-state index contributed by atoms with van der Waals surface area (Å²) in [5, 5.41) is 8.93. The van der Waals surface area contributed by atoms with E-state index in [1.165, 1.54) is 34.5 Å². The minimum atomic E-state index is -3.68. The summed E-state index contributed by atoms with van der Waals surface area (Å²) in [7, 11) is -0.579. The van der Waals surface area contributed by atoms with Crippen molar-refractivity contribution < 1.29 is 17.9 Å². The zero-order valence-corrected chi connectivity index (χ0v) is 18.7. The van der Waals surface area contributed by atoms with E-state index in [0.29, 0.717) is 30.9 Å². The fourth-order valence-electron chi connectivity index (χ4n) is 3.68. The van der Waals surface area contributed by atoms with Gasteiger partial charge in [0.2, 0.25) is 10.0 Å². The van der Waals surface area contributed by atoms with Crippen molar-refractivity contribution in [2.45, 2.75) is 37.1 Å². The molecule has 1 amide bonds. The lowest BCUT2D eigenvalue weighted by molar-refractivity contribution is 0.0781. The highest BCUT2D eigenvalue weighted by molar-refractivity contribution is 7.89. The number of rotatable bonds is 6. The molecule has 1 fully saturated rings. The van der Waals surface area contributed by atoms with Gasteiger partial charge in [-0.25, -0.2) is 8.42 Å². The van der Waals surface area contributed by atoms with Gasteiger partial charge in [-0.05, 0) is 48.7 Å². The van der Waals surface area contributed by atoms with Crippen LogP contribution in [0.2, 0.25) is 0 Å². The van der Waals surface area contributed by atoms with Gasteiger partial charge in [0.15, 0.2) is 0 Å². The maximum atomic E-state index is 13.2. The maximum absolute atomic E-state index is 13.2. The lowest BCUT2D eigenvalue weighted by Gasteiger charge is -2.22. The van der Waals surface area contributed by atoms with Crippen LogP contribution < -0.4 is 4.74 Å². The van der Waals surface area contributed by atoms with Crippen molar-refractivity contribution in [2.75, 3.05) is 27.2 Å². The van der Waals surface area contributed by atoms with Gasteiger partial charge < -0.3 is 9.64 Å². The van der Waals surface area contributed by atoms with Crippen molar-refractivity contribution in [1.29, 1.82) is 5.26 Å². The summed E-state index contributed by atoms with van der Waals surface area (Å²) in [6.07, 6.45) is 3.74. The maximum Gasteiger partial charge on any atom is 0.257 e. The Hall–Kier alpha value is -2.89. The molecule has 0 unspecified atom stereocenters. The van der Waals surface area contributed by atoms with Crippen LogP contribution in [0.25, 0.3) is 0 Å². The van der Waals surface area contributed by atoms with Gasteiger partial charge in [0.1, 0.15) is 5.75 Å². The molecule has 1 saturated heterocycles. The van der Waals surface area contributed by atoms with Gasteiger partial charge in [-0.3, -0.25) is 4.79 Å². The molecule has 0 spiro atoms. The molecule has 7 nitrogen and oxygen atoms in total. The summed E-state index contributed by atoms with van der Waals surface area (Å²) in [5.74, 6) is -0.0133. The molecule has 0 aliphatic carbocycles. The number of hydrogen-bond donors (Lipinski definition) is 0. The Morgan fingerprint density at radius 3 is 2.32 bits per heavy atom. The molecule has 0 radical (unpaired) electrons. The molecule has 31 heavy (non-hydrogen) atoms. The Balaban J connectivity index is 1.86. The van der Waals surface area contributed by atoms with Crippen molar-refractivity contribution in [1.82, 2.24) is 9.21 Å². The standard InChI is InChI=1S/C23H27N3O4S/c1-25(17-19-9-7-18(16-24)8-10-19)23(27)21-15-20(11-12-22(21)30-2)31(28,29)26-13-5-3-4-6-14-26/h7-12,15H,3-6,13-14,17H2,1-2H3. The average molecular weight is 442 g/mol. The first-order valence-corrected chi connectivity index (χ1v) is 11.7. The Morgan fingerprint density at radius 2 is 1.74 bits per heavy atom. The molecule has 0 bridgehead atoms. The van der Waals surface area contributed by atoms with Crippen LogP contribution in [0.4, 0.5) is 0 Å². The lowest BCUT2D eigenvalue weighted by Crippen LogP contribution is -2.32. The molecule has 2 aromatic rings. The first-order chi connectivity index (χ1) is 14.9. The molecule has 0 saturated carbocycles. The molecule has 2 aromatic carbocycles. The predicted molar refractivity (Wildman–Crippen MR) is 117 cm³/mol. The van der Waals surface area contributed by atoms with E-state index in [9.17, 15) is 13.2 Å². The Bertz CT molecular complexity index is 1070. The summed E-state index contributed by atoms with van der Waals surface area (Å²) in [6, 6.07) is 13.5. The number of sulfonamides is 1. The number of carbonyl (C=O) groups excluding carboxylic acids is 1. The molecule has 1 aliphatic heterocycles. The van der Waals surface area contributed by atoms with Crippen LogP contribution in [0.5, 0.6) is 5.75 Å². The second-order valence-electron chi connectivity index (χ2n) is 7.65. The van der Waals surface area contributed by atoms with Crippen molar-refractivity contribution >= 4 is 15.9 Å². The average Bonchev–Trinajstić information content (AvgIpc) is 3.09. The number of carbonyl (C=O) groups is 1. The highest BCUT2D eigenvalue weighted by Crippen LogP contribution is 2.27. The third kappa shape index (κ3) is 5.24. The van der Waals surface area contributed by atoms with Gasteiger partial charge in [0.05, 0.1) is 29.2 Å². The number of ether oxygens (including phenoxy) is 1. The predicted octanol–water partition coefficient (Wildman–Crippen LogP) is 3.40. The van der Waals surface area contributed by atoms with E-state index in [1.54, 1.807) is 31.3 Å². The number of amides is 1. The molecule has 0 aromatic heterocycles. The number of methoxy groups -OCH3 is 1. The zero-order chi connectivity index (χ0) is 22.4. The molecular weight excluding hydrogens is 414 g/mol. The van der Waals surface area contributed by atoms with Crippen LogP contribution in [0.15, 0.2) is 47.4 Å². The van der Waals surface area contributed by atoms with Gasteiger partial charge in [-0.15, -0.1) is 0 Å². The molecule has 0 atom stereocenters. The van der Waals surface area contributed by atoms with Gasteiger partial charge in [0.25, 0.3) is 5.91 Å². The third-order valence-electron chi connectivity index (χ3n) is 5.45. The third-order valence-corrected chi connectivity index (χ3v) is 7.35. The molecule has 0 N–H and O–H groups in total. The van der Waals surface area contributed by atoms with Crippen molar-refractivity contribution in [3.05, 3.63) is 59.2 Å². The number of nitriles is 1. The van der Waals surface area contributed by atoms with E-state index in [2.05, 4.69) is 6.07 Å². The smallest absolute Gasteiger partial charge is 0.257 e. The molecule has 164 valence electrons. The SMILES string of the molecule is COc1ccc(S(=O)(=O)N2CCCCCC2)cc1C(=O)N(C)Cc1ccc(C#N)cc1.